The Kier molecular flexibility index (Phi) is 7.35. The van der Waals surface area contributed by atoms with Crippen molar-refractivity contribution in [2.45, 2.75) is 57.3 Å². The molecule has 2 heterocycles. The average Bonchev–Trinajstić information content (AvgIpc) is 2.71. The monoisotopic (exact) mass is 481 g/mol. The summed E-state index contributed by atoms with van der Waals surface area (Å²) in [5.74, 6) is -1.33. The number of hydrogen-bond acceptors (Lipinski definition) is 8. The third-order valence-corrected chi connectivity index (χ3v) is 6.62. The molecule has 3 unspecified atom stereocenters. The first kappa shape index (κ1) is 25.0. The molecule has 1 aliphatic rings. The van der Waals surface area contributed by atoms with E-state index in [1.54, 1.807) is 0 Å². The van der Waals surface area contributed by atoms with Gasteiger partial charge < -0.3 is 14.9 Å². The summed E-state index contributed by atoms with van der Waals surface area (Å²) in [6.07, 6.45) is -1.66. The van der Waals surface area contributed by atoms with Crippen LogP contribution in [0.25, 0.3) is 11.3 Å². The molecule has 11 heteroatoms. The van der Waals surface area contributed by atoms with Gasteiger partial charge >= 0.3 is 5.97 Å². The van der Waals surface area contributed by atoms with Crippen LogP contribution < -0.4 is 4.31 Å². The molecule has 1 aromatic heterocycles. The van der Waals surface area contributed by atoms with Crippen molar-refractivity contribution in [3.8, 4) is 11.3 Å². The van der Waals surface area contributed by atoms with Gasteiger partial charge in [-0.25, -0.2) is 27.1 Å². The quantitative estimate of drug-likeness (QED) is 0.576. The molecule has 0 amide bonds. The molecule has 1 saturated heterocycles. The normalized spacial score (nSPS) is 19.9. The van der Waals surface area contributed by atoms with Crippen LogP contribution in [-0.4, -0.2) is 60.1 Å². The van der Waals surface area contributed by atoms with Crippen molar-refractivity contribution in [1.82, 2.24) is 9.97 Å². The van der Waals surface area contributed by atoms with E-state index >= 15 is 0 Å². The van der Waals surface area contributed by atoms with E-state index in [9.17, 15) is 27.8 Å². The summed E-state index contributed by atoms with van der Waals surface area (Å²) < 4.78 is 44.0. The van der Waals surface area contributed by atoms with Crippen LogP contribution in [0.3, 0.4) is 0 Å². The molecule has 0 spiro atoms. The number of aromatic nitrogens is 2. The van der Waals surface area contributed by atoms with E-state index in [0.29, 0.717) is 16.8 Å². The number of anilines is 1. The lowest BCUT2D eigenvalue weighted by atomic mass is 9.90. The lowest BCUT2D eigenvalue weighted by Crippen LogP contribution is -2.34. The molecule has 2 aromatic rings. The zero-order valence-electron chi connectivity index (χ0n) is 18.9. The van der Waals surface area contributed by atoms with Crippen molar-refractivity contribution in [2.75, 3.05) is 17.6 Å². The SMILES string of the molecule is CC(C)c1nc(N(C)S(C)(=O)=O)nc(-c2ccc(F)cc2)c1C(O)CC1CC(O)CC(=O)O1. The number of aliphatic hydroxyl groups is 2. The predicted octanol–water partition coefficient (Wildman–Crippen LogP) is 2.29. The fourth-order valence-electron chi connectivity index (χ4n) is 3.73. The van der Waals surface area contributed by atoms with Crippen molar-refractivity contribution < 1.29 is 32.6 Å². The van der Waals surface area contributed by atoms with Gasteiger partial charge in [-0.3, -0.25) is 4.79 Å². The molecular weight excluding hydrogens is 453 g/mol. The zero-order valence-corrected chi connectivity index (χ0v) is 19.7. The first-order valence-corrected chi connectivity index (χ1v) is 12.4. The Balaban J connectivity index is 2.15. The van der Waals surface area contributed by atoms with Crippen LogP contribution in [-0.2, 0) is 19.6 Å². The molecular formula is C22H28FN3O6S. The number of cyclic esters (lactones) is 1. The highest BCUT2D eigenvalue weighted by atomic mass is 32.2. The highest BCUT2D eigenvalue weighted by Gasteiger charge is 2.32. The molecule has 1 aliphatic heterocycles. The third-order valence-electron chi connectivity index (χ3n) is 5.46. The summed E-state index contributed by atoms with van der Waals surface area (Å²) in [5.41, 5.74) is 1.44. The molecule has 180 valence electrons. The van der Waals surface area contributed by atoms with E-state index in [2.05, 4.69) is 9.97 Å². The minimum absolute atomic E-state index is 0.0126. The lowest BCUT2D eigenvalue weighted by molar-refractivity contribution is -0.161. The molecule has 3 rings (SSSR count). The molecule has 1 aromatic carbocycles. The van der Waals surface area contributed by atoms with Crippen LogP contribution in [0.2, 0.25) is 0 Å². The number of rotatable bonds is 7. The minimum Gasteiger partial charge on any atom is -0.462 e. The minimum atomic E-state index is -3.67. The second kappa shape index (κ2) is 9.70. The van der Waals surface area contributed by atoms with Gasteiger partial charge in [0.2, 0.25) is 16.0 Å². The molecule has 1 fully saturated rings. The number of aliphatic hydroxyl groups excluding tert-OH is 2. The van der Waals surface area contributed by atoms with E-state index in [1.165, 1.54) is 31.3 Å². The molecule has 33 heavy (non-hydrogen) atoms. The standard InChI is InChI=1S/C22H28FN3O6S/c1-12(2)20-19(17(28)11-16-9-15(27)10-18(29)32-16)21(13-5-7-14(23)8-6-13)25-22(24-20)26(3)33(4,30)31/h5-8,12,15-17,27-28H,9-11H2,1-4H3. The van der Waals surface area contributed by atoms with Gasteiger partial charge in [0.05, 0.1) is 36.3 Å². The first-order valence-electron chi connectivity index (χ1n) is 10.5. The Morgan fingerprint density at radius 3 is 2.42 bits per heavy atom. The third kappa shape index (κ3) is 5.84. The Bertz CT molecular complexity index is 1120. The average molecular weight is 482 g/mol. The largest absolute Gasteiger partial charge is 0.462 e. The van der Waals surface area contributed by atoms with Gasteiger partial charge in [0, 0.05) is 31.0 Å². The second-order valence-corrected chi connectivity index (χ2v) is 10.5. The topological polar surface area (TPSA) is 130 Å². The smallest absolute Gasteiger partial charge is 0.308 e. The maximum Gasteiger partial charge on any atom is 0.308 e. The number of benzene rings is 1. The molecule has 0 aliphatic carbocycles. The summed E-state index contributed by atoms with van der Waals surface area (Å²) in [6.45, 7) is 3.67. The van der Waals surface area contributed by atoms with Crippen LogP contribution in [0, 0.1) is 5.82 Å². The fourth-order valence-corrected chi connectivity index (χ4v) is 4.11. The number of esters is 1. The summed E-state index contributed by atoms with van der Waals surface area (Å²) in [4.78, 5) is 20.6. The maximum atomic E-state index is 13.6. The Hall–Kier alpha value is -2.63. The number of halogens is 1. The molecule has 3 atom stereocenters. The van der Waals surface area contributed by atoms with Crippen LogP contribution in [0.1, 0.15) is 56.4 Å². The van der Waals surface area contributed by atoms with E-state index in [4.69, 9.17) is 4.74 Å². The Labute approximate surface area is 192 Å². The fraction of sp³-hybridized carbons (Fsp3) is 0.500. The highest BCUT2D eigenvalue weighted by molar-refractivity contribution is 7.92. The van der Waals surface area contributed by atoms with E-state index in [-0.39, 0.29) is 36.8 Å². The van der Waals surface area contributed by atoms with Crippen LogP contribution >= 0.6 is 0 Å². The first-order chi connectivity index (χ1) is 15.4. The van der Waals surface area contributed by atoms with Crippen molar-refractivity contribution in [3.05, 3.63) is 41.3 Å². The predicted molar refractivity (Wildman–Crippen MR) is 119 cm³/mol. The second-order valence-electron chi connectivity index (χ2n) is 8.52. The number of hydrogen-bond donors (Lipinski definition) is 2. The maximum absolute atomic E-state index is 13.6. The molecule has 0 saturated carbocycles. The summed E-state index contributed by atoms with van der Waals surface area (Å²) in [5, 5.41) is 21.1. The van der Waals surface area contributed by atoms with Gasteiger partial charge in [0.25, 0.3) is 0 Å². The van der Waals surface area contributed by atoms with Crippen LogP contribution in [0.4, 0.5) is 10.3 Å². The van der Waals surface area contributed by atoms with Crippen molar-refractivity contribution in [1.29, 1.82) is 0 Å². The number of carbonyl (C=O) groups excluding carboxylic acids is 1. The summed E-state index contributed by atoms with van der Waals surface area (Å²) in [7, 11) is -2.35. The van der Waals surface area contributed by atoms with Gasteiger partial charge in [-0.05, 0) is 30.2 Å². The lowest BCUT2D eigenvalue weighted by Gasteiger charge is -2.29. The summed E-state index contributed by atoms with van der Waals surface area (Å²) >= 11 is 0. The molecule has 2 N–H and O–H groups in total. The molecule has 0 radical (unpaired) electrons. The van der Waals surface area contributed by atoms with Crippen molar-refractivity contribution in [3.63, 3.8) is 0 Å². The van der Waals surface area contributed by atoms with Gasteiger partial charge in [-0.1, -0.05) is 13.8 Å². The number of nitrogens with zero attached hydrogens (tertiary/aromatic N) is 3. The Morgan fingerprint density at radius 2 is 1.88 bits per heavy atom. The van der Waals surface area contributed by atoms with Crippen molar-refractivity contribution in [2.24, 2.45) is 0 Å². The highest BCUT2D eigenvalue weighted by Crippen LogP contribution is 2.37. The van der Waals surface area contributed by atoms with Crippen LogP contribution in [0.15, 0.2) is 24.3 Å². The van der Waals surface area contributed by atoms with Gasteiger partial charge in [-0.15, -0.1) is 0 Å². The van der Waals surface area contributed by atoms with Gasteiger partial charge in [-0.2, -0.15) is 0 Å². The van der Waals surface area contributed by atoms with E-state index in [0.717, 1.165) is 10.6 Å². The summed E-state index contributed by atoms with van der Waals surface area (Å²) in [6, 6.07) is 5.43. The number of carbonyl (C=O) groups is 1. The Morgan fingerprint density at radius 1 is 1.24 bits per heavy atom. The zero-order chi connectivity index (χ0) is 24.5. The van der Waals surface area contributed by atoms with Crippen molar-refractivity contribution >= 4 is 21.9 Å². The number of sulfonamides is 1. The molecule has 0 bridgehead atoms. The molecule has 9 nitrogen and oxygen atoms in total. The van der Waals surface area contributed by atoms with E-state index in [1.807, 2.05) is 13.8 Å². The van der Waals surface area contributed by atoms with Gasteiger partial charge in [0.1, 0.15) is 11.9 Å². The van der Waals surface area contributed by atoms with E-state index < -0.39 is 40.1 Å². The van der Waals surface area contributed by atoms with Crippen LogP contribution in [0.5, 0.6) is 0 Å². The number of ether oxygens (including phenoxy) is 1. The van der Waals surface area contributed by atoms with Gasteiger partial charge in [0.15, 0.2) is 0 Å².